The van der Waals surface area contributed by atoms with Crippen LogP contribution in [0.4, 0.5) is 0 Å². The molecule has 0 aromatic heterocycles. The lowest BCUT2D eigenvalue weighted by Gasteiger charge is -2.12. The molecule has 0 radical (unpaired) electrons. The summed E-state index contributed by atoms with van der Waals surface area (Å²) in [6.45, 7) is 12.9. The fourth-order valence-electron chi connectivity index (χ4n) is 2.40. The minimum absolute atomic E-state index is 0.175. The van der Waals surface area contributed by atoms with Gasteiger partial charge in [-0.05, 0) is 66.7 Å². The van der Waals surface area contributed by atoms with Crippen LogP contribution in [0.5, 0.6) is 0 Å². The van der Waals surface area contributed by atoms with Crippen LogP contribution in [0.25, 0.3) is 0 Å². The zero-order valence-electron chi connectivity index (χ0n) is 17.3. The number of hydrogen-bond donors (Lipinski definition) is 1. The van der Waals surface area contributed by atoms with Crippen molar-refractivity contribution < 1.29 is 4.79 Å². The molecule has 1 N–H and O–H groups in total. The molecule has 0 aliphatic rings. The van der Waals surface area contributed by atoms with Gasteiger partial charge in [0.05, 0.1) is 0 Å². The molecule has 2 nitrogen and oxygen atoms in total. The Morgan fingerprint density at radius 2 is 1.56 bits per heavy atom. The molecule has 1 unspecified atom stereocenters. The van der Waals surface area contributed by atoms with Gasteiger partial charge in [0.15, 0.2) is 0 Å². The molecule has 3 heteroatoms. The SMILES string of the molecule is CCCC(=O)NC(C)CSC/C=C(\C)CC/C=C(\C)CCC=C(C)C. The molecule has 0 rings (SSSR count). The van der Waals surface area contributed by atoms with Gasteiger partial charge >= 0.3 is 0 Å². The van der Waals surface area contributed by atoms with Gasteiger partial charge in [-0.1, -0.05) is 41.9 Å². The van der Waals surface area contributed by atoms with Gasteiger partial charge in [0.25, 0.3) is 0 Å². The fourth-order valence-corrected chi connectivity index (χ4v) is 3.38. The Morgan fingerprint density at radius 3 is 2.16 bits per heavy atom. The van der Waals surface area contributed by atoms with E-state index in [0.29, 0.717) is 6.42 Å². The van der Waals surface area contributed by atoms with Crippen molar-refractivity contribution in [1.82, 2.24) is 5.32 Å². The van der Waals surface area contributed by atoms with E-state index in [1.54, 1.807) is 0 Å². The largest absolute Gasteiger partial charge is 0.353 e. The molecule has 0 aromatic carbocycles. The number of carbonyl (C=O) groups is 1. The fraction of sp³-hybridized carbons (Fsp3) is 0.682. The topological polar surface area (TPSA) is 29.1 Å². The Morgan fingerprint density at radius 1 is 0.960 bits per heavy atom. The number of rotatable bonds is 13. The Labute approximate surface area is 160 Å². The van der Waals surface area contributed by atoms with Crippen molar-refractivity contribution in [2.75, 3.05) is 11.5 Å². The minimum Gasteiger partial charge on any atom is -0.353 e. The van der Waals surface area contributed by atoms with Crippen molar-refractivity contribution in [1.29, 1.82) is 0 Å². The van der Waals surface area contributed by atoms with Gasteiger partial charge < -0.3 is 5.32 Å². The van der Waals surface area contributed by atoms with Gasteiger partial charge in [-0.2, -0.15) is 11.8 Å². The maximum Gasteiger partial charge on any atom is 0.220 e. The molecular weight excluding hydrogens is 326 g/mol. The summed E-state index contributed by atoms with van der Waals surface area (Å²) >= 11 is 1.89. The highest BCUT2D eigenvalue weighted by Crippen LogP contribution is 2.13. The normalized spacial score (nSPS) is 13.5. The monoisotopic (exact) mass is 365 g/mol. The third-order valence-corrected chi connectivity index (χ3v) is 5.06. The molecule has 0 bridgehead atoms. The second kappa shape index (κ2) is 15.3. The first-order valence-electron chi connectivity index (χ1n) is 9.66. The van der Waals surface area contributed by atoms with Crippen molar-refractivity contribution in [3.63, 3.8) is 0 Å². The van der Waals surface area contributed by atoms with Crippen LogP contribution in [-0.4, -0.2) is 23.5 Å². The van der Waals surface area contributed by atoms with E-state index in [1.807, 2.05) is 18.7 Å². The molecule has 0 aliphatic carbocycles. The second-order valence-corrected chi connectivity index (χ2v) is 8.29. The average Bonchev–Trinajstić information content (AvgIpc) is 2.51. The van der Waals surface area contributed by atoms with E-state index >= 15 is 0 Å². The van der Waals surface area contributed by atoms with Crippen LogP contribution < -0.4 is 5.32 Å². The van der Waals surface area contributed by atoms with Crippen LogP contribution >= 0.6 is 11.8 Å². The van der Waals surface area contributed by atoms with Crippen LogP contribution in [0.1, 0.15) is 80.1 Å². The van der Waals surface area contributed by atoms with Crippen molar-refractivity contribution in [2.24, 2.45) is 0 Å². The van der Waals surface area contributed by atoms with Crippen molar-refractivity contribution in [2.45, 2.75) is 86.1 Å². The number of hydrogen-bond acceptors (Lipinski definition) is 2. The summed E-state index contributed by atoms with van der Waals surface area (Å²) in [6.07, 6.45) is 13.2. The predicted molar refractivity (Wildman–Crippen MR) is 115 cm³/mol. The molecule has 1 amide bonds. The molecule has 144 valence electrons. The van der Waals surface area contributed by atoms with Crippen molar-refractivity contribution in [3.05, 3.63) is 34.9 Å². The molecule has 1 atom stereocenters. The van der Waals surface area contributed by atoms with Crippen molar-refractivity contribution in [3.8, 4) is 0 Å². The molecule has 0 saturated carbocycles. The Kier molecular flexibility index (Phi) is 14.7. The van der Waals surface area contributed by atoms with Crippen LogP contribution in [0.3, 0.4) is 0 Å². The van der Waals surface area contributed by atoms with E-state index in [-0.39, 0.29) is 11.9 Å². The smallest absolute Gasteiger partial charge is 0.220 e. The van der Waals surface area contributed by atoms with E-state index in [1.165, 1.54) is 23.1 Å². The lowest BCUT2D eigenvalue weighted by atomic mass is 10.1. The third-order valence-electron chi connectivity index (χ3n) is 3.92. The molecule has 0 heterocycles. The molecule has 0 fully saturated rings. The first kappa shape index (κ1) is 24.0. The lowest BCUT2D eigenvalue weighted by Crippen LogP contribution is -2.34. The summed E-state index contributed by atoms with van der Waals surface area (Å²) in [6, 6.07) is 0.254. The molecular formula is C22H39NOS. The number of carbonyl (C=O) groups excluding carboxylic acids is 1. The van der Waals surface area contributed by atoms with Gasteiger partial charge in [-0.3, -0.25) is 4.79 Å². The molecule has 25 heavy (non-hydrogen) atoms. The zero-order valence-corrected chi connectivity index (χ0v) is 18.1. The first-order chi connectivity index (χ1) is 11.8. The average molecular weight is 366 g/mol. The van der Waals surface area contributed by atoms with Crippen molar-refractivity contribution >= 4 is 17.7 Å². The highest BCUT2D eigenvalue weighted by Gasteiger charge is 2.05. The van der Waals surface area contributed by atoms with Gasteiger partial charge in [-0.15, -0.1) is 0 Å². The number of thioether (sulfide) groups is 1. The van der Waals surface area contributed by atoms with E-state index in [9.17, 15) is 4.79 Å². The Balaban J connectivity index is 3.87. The quantitative estimate of drug-likeness (QED) is 0.300. The van der Waals surface area contributed by atoms with Crippen LogP contribution in [-0.2, 0) is 4.79 Å². The molecule has 0 spiro atoms. The van der Waals surface area contributed by atoms with Crippen LogP contribution in [0.15, 0.2) is 34.9 Å². The highest BCUT2D eigenvalue weighted by molar-refractivity contribution is 7.99. The molecule has 0 saturated heterocycles. The molecule has 0 aliphatic heterocycles. The molecule has 0 aromatic rings. The third kappa shape index (κ3) is 16.3. The maximum atomic E-state index is 11.5. The van der Waals surface area contributed by atoms with E-state index in [2.05, 4.69) is 58.2 Å². The number of amides is 1. The van der Waals surface area contributed by atoms with E-state index < -0.39 is 0 Å². The van der Waals surface area contributed by atoms with Crippen LogP contribution in [0.2, 0.25) is 0 Å². The Bertz CT molecular complexity index is 459. The highest BCUT2D eigenvalue weighted by atomic mass is 32.2. The lowest BCUT2D eigenvalue weighted by molar-refractivity contribution is -0.121. The van der Waals surface area contributed by atoms with Gasteiger partial charge in [-0.25, -0.2) is 0 Å². The minimum atomic E-state index is 0.175. The predicted octanol–water partition coefficient (Wildman–Crippen LogP) is 6.44. The standard InChI is InChI=1S/C22H39NOS/c1-7-10-22(24)23-21(6)17-25-16-15-20(5)14-9-13-19(4)12-8-11-18(2)3/h11,13,15,21H,7-10,12,14,16-17H2,1-6H3,(H,23,24)/b19-13+,20-15+. The summed E-state index contributed by atoms with van der Waals surface area (Å²) < 4.78 is 0. The summed E-state index contributed by atoms with van der Waals surface area (Å²) in [7, 11) is 0. The summed E-state index contributed by atoms with van der Waals surface area (Å²) in [5, 5.41) is 3.05. The zero-order chi connectivity index (χ0) is 19.1. The van der Waals surface area contributed by atoms with E-state index in [4.69, 9.17) is 0 Å². The van der Waals surface area contributed by atoms with Gasteiger partial charge in [0.1, 0.15) is 0 Å². The Hall–Kier alpha value is -0.960. The van der Waals surface area contributed by atoms with Crippen LogP contribution in [0, 0.1) is 0 Å². The van der Waals surface area contributed by atoms with E-state index in [0.717, 1.165) is 37.2 Å². The number of nitrogens with one attached hydrogen (secondary N) is 1. The summed E-state index contributed by atoms with van der Waals surface area (Å²) in [5.74, 6) is 2.18. The summed E-state index contributed by atoms with van der Waals surface area (Å²) in [4.78, 5) is 11.5. The number of allylic oxidation sites excluding steroid dienone is 5. The van der Waals surface area contributed by atoms with Gasteiger partial charge in [0, 0.05) is 24.0 Å². The maximum absolute atomic E-state index is 11.5. The first-order valence-corrected chi connectivity index (χ1v) is 10.8. The second-order valence-electron chi connectivity index (χ2n) is 7.22. The summed E-state index contributed by atoms with van der Waals surface area (Å²) in [5.41, 5.74) is 4.36. The van der Waals surface area contributed by atoms with Gasteiger partial charge in [0.2, 0.25) is 5.91 Å².